The Bertz CT molecular complexity index is 251. The summed E-state index contributed by atoms with van der Waals surface area (Å²) in [7, 11) is -0.367. The van der Waals surface area contributed by atoms with E-state index in [0.717, 1.165) is 28.9 Å². The van der Waals surface area contributed by atoms with Gasteiger partial charge in [-0.1, -0.05) is 40.5 Å². The molecule has 0 radical (unpaired) electrons. The molecule has 2 fully saturated rings. The molecular formula is C19H40SZr. The van der Waals surface area contributed by atoms with E-state index in [0.29, 0.717) is 0 Å². The summed E-state index contributed by atoms with van der Waals surface area (Å²) in [6.07, 6.45) is 13.2. The van der Waals surface area contributed by atoms with Crippen molar-refractivity contribution in [2.45, 2.75) is 65.6 Å². The van der Waals surface area contributed by atoms with Crippen LogP contribution in [-0.2, 0) is 26.2 Å². The van der Waals surface area contributed by atoms with Gasteiger partial charge in [-0.3, -0.25) is 0 Å². The standard InChI is InChI=1S/C12H26S.C6H11.CH3.Zr/c1-8-9(2)11(4)12(10(8)3)13(5,6)7;1-6-4-2-3-5-6;;/h8-12H,1-7H3;2-5H2,1H3;1H3;/q;2*-1;+2. The molecular weight excluding hydrogens is 351 g/mol. The third-order valence-corrected chi connectivity index (χ3v) is 8.29. The average molecular weight is 392 g/mol. The van der Waals surface area contributed by atoms with E-state index in [1.165, 1.54) is 25.7 Å². The quantitative estimate of drug-likeness (QED) is 0.466. The Hall–Kier alpha value is 1.23. The number of hydrogen-bond donors (Lipinski definition) is 0. The Balaban J connectivity index is 0. The van der Waals surface area contributed by atoms with Gasteiger partial charge in [0.15, 0.2) is 0 Å². The van der Waals surface area contributed by atoms with Gasteiger partial charge >= 0.3 is 26.2 Å². The Kier molecular flexibility index (Phi) is 11.9. The van der Waals surface area contributed by atoms with Gasteiger partial charge in [-0.2, -0.15) is 19.8 Å². The van der Waals surface area contributed by atoms with E-state index >= 15 is 0 Å². The second-order valence-electron chi connectivity index (χ2n) is 8.00. The summed E-state index contributed by atoms with van der Waals surface area (Å²) in [5, 5.41) is 0.984. The Morgan fingerprint density at radius 3 is 1.24 bits per heavy atom. The maximum Gasteiger partial charge on any atom is 2.00 e. The number of rotatable bonds is 1. The van der Waals surface area contributed by atoms with Gasteiger partial charge < -0.3 is 13.3 Å². The molecule has 126 valence electrons. The van der Waals surface area contributed by atoms with Crippen LogP contribution in [0.2, 0.25) is 0 Å². The molecule has 21 heavy (non-hydrogen) atoms. The van der Waals surface area contributed by atoms with E-state index in [1.54, 1.807) is 5.92 Å². The van der Waals surface area contributed by atoms with Crippen molar-refractivity contribution in [3.05, 3.63) is 13.3 Å². The van der Waals surface area contributed by atoms with Crippen molar-refractivity contribution in [2.75, 3.05) is 18.8 Å². The van der Waals surface area contributed by atoms with Gasteiger partial charge in [0.05, 0.1) is 0 Å². The topological polar surface area (TPSA) is 0 Å². The molecule has 0 aliphatic heterocycles. The minimum atomic E-state index is -0.367. The molecule has 0 aromatic rings. The normalized spacial score (nSPS) is 37.0. The van der Waals surface area contributed by atoms with E-state index in [1.807, 2.05) is 0 Å². The summed E-state index contributed by atoms with van der Waals surface area (Å²) < 4.78 is 0. The van der Waals surface area contributed by atoms with Crippen LogP contribution in [0, 0.1) is 37.0 Å². The van der Waals surface area contributed by atoms with Crippen LogP contribution in [-0.4, -0.2) is 24.0 Å². The molecule has 2 rings (SSSR count). The second kappa shape index (κ2) is 10.2. The summed E-state index contributed by atoms with van der Waals surface area (Å²) in [5.74, 6) is 5.41. The first-order chi connectivity index (χ1) is 8.66. The molecule has 2 saturated carbocycles. The van der Waals surface area contributed by atoms with Gasteiger partial charge in [0.25, 0.3) is 0 Å². The largest absolute Gasteiger partial charge is 2.00 e. The molecule has 4 unspecified atom stereocenters. The molecule has 0 aromatic carbocycles. The number of hydrogen-bond acceptors (Lipinski definition) is 0. The van der Waals surface area contributed by atoms with Gasteiger partial charge in [0.1, 0.15) is 0 Å². The van der Waals surface area contributed by atoms with Crippen LogP contribution in [0.15, 0.2) is 0 Å². The van der Waals surface area contributed by atoms with Crippen molar-refractivity contribution >= 4 is 10.0 Å². The predicted octanol–water partition coefficient (Wildman–Crippen LogP) is 6.21. The van der Waals surface area contributed by atoms with Crippen LogP contribution in [0.4, 0.5) is 0 Å². The molecule has 4 atom stereocenters. The molecule has 2 aliphatic rings. The minimum absolute atomic E-state index is 0. The molecule has 0 spiro atoms. The van der Waals surface area contributed by atoms with Crippen molar-refractivity contribution in [1.29, 1.82) is 0 Å². The van der Waals surface area contributed by atoms with Crippen molar-refractivity contribution in [3.8, 4) is 0 Å². The maximum absolute atomic E-state index is 2.48. The first-order valence-corrected chi connectivity index (χ1v) is 11.1. The molecule has 0 N–H and O–H groups in total. The third kappa shape index (κ3) is 6.70. The molecule has 2 heteroatoms. The summed E-state index contributed by atoms with van der Waals surface area (Å²) in [6, 6.07) is 0. The van der Waals surface area contributed by atoms with Gasteiger partial charge in [0.2, 0.25) is 0 Å². The van der Waals surface area contributed by atoms with Gasteiger partial charge in [-0.25, -0.2) is 10.0 Å². The zero-order valence-corrected chi connectivity index (χ0v) is 19.4. The van der Waals surface area contributed by atoms with Gasteiger partial charge in [-0.05, 0) is 47.7 Å². The van der Waals surface area contributed by atoms with Gasteiger partial charge in [-0.15, -0.1) is 0 Å². The molecule has 0 nitrogen and oxygen atoms in total. The Morgan fingerprint density at radius 1 is 0.762 bits per heavy atom. The van der Waals surface area contributed by atoms with Crippen LogP contribution in [0.1, 0.15) is 60.3 Å². The Morgan fingerprint density at radius 2 is 1.10 bits per heavy atom. The summed E-state index contributed by atoms with van der Waals surface area (Å²) in [6.45, 7) is 12.1. The Labute approximate surface area is 157 Å². The van der Waals surface area contributed by atoms with Crippen LogP contribution >= 0.6 is 10.0 Å². The first-order valence-electron chi connectivity index (χ1n) is 8.14. The van der Waals surface area contributed by atoms with Crippen molar-refractivity contribution < 1.29 is 26.2 Å². The summed E-state index contributed by atoms with van der Waals surface area (Å²) >= 11 is 0. The molecule has 2 aliphatic carbocycles. The van der Waals surface area contributed by atoms with E-state index in [4.69, 9.17) is 0 Å². The fourth-order valence-electron chi connectivity index (χ4n) is 4.30. The van der Waals surface area contributed by atoms with E-state index < -0.39 is 0 Å². The van der Waals surface area contributed by atoms with Crippen LogP contribution in [0.3, 0.4) is 0 Å². The van der Waals surface area contributed by atoms with E-state index in [-0.39, 0.29) is 43.7 Å². The van der Waals surface area contributed by atoms with Crippen molar-refractivity contribution in [2.24, 2.45) is 23.7 Å². The molecule has 0 amide bonds. The average Bonchev–Trinajstić information content (AvgIpc) is 2.83. The van der Waals surface area contributed by atoms with Crippen LogP contribution in [0.25, 0.3) is 0 Å². The molecule has 0 saturated heterocycles. The fraction of sp³-hybridized carbons (Fsp3) is 0.895. The third-order valence-electron chi connectivity index (χ3n) is 5.80. The second-order valence-corrected chi connectivity index (χ2v) is 12.4. The smallest absolute Gasteiger partial charge is 0.358 e. The van der Waals surface area contributed by atoms with Gasteiger partial charge in [0, 0.05) is 0 Å². The monoisotopic (exact) mass is 390 g/mol. The zero-order valence-electron chi connectivity index (χ0n) is 16.1. The SMILES string of the molecule is CC1C(C)C(C)C(S(C)(C)C)C1C.C[C-]1CCCC1.[CH3-].[Zr+2]. The maximum atomic E-state index is 2.48. The minimum Gasteiger partial charge on any atom is -0.358 e. The molecule has 0 aromatic heterocycles. The van der Waals surface area contributed by atoms with Crippen molar-refractivity contribution in [1.82, 2.24) is 0 Å². The summed E-state index contributed by atoms with van der Waals surface area (Å²) in [5.41, 5.74) is 0. The van der Waals surface area contributed by atoms with Crippen LogP contribution < -0.4 is 0 Å². The van der Waals surface area contributed by atoms with Crippen molar-refractivity contribution in [3.63, 3.8) is 0 Å². The fourth-order valence-corrected chi connectivity index (χ4v) is 7.37. The predicted molar refractivity (Wildman–Crippen MR) is 99.6 cm³/mol. The first kappa shape index (κ1) is 24.5. The summed E-state index contributed by atoms with van der Waals surface area (Å²) in [4.78, 5) is 0. The zero-order chi connectivity index (χ0) is 14.8. The molecule has 0 bridgehead atoms. The molecule has 0 heterocycles. The van der Waals surface area contributed by atoms with Crippen LogP contribution in [0.5, 0.6) is 0 Å². The van der Waals surface area contributed by atoms with E-state index in [9.17, 15) is 0 Å². The van der Waals surface area contributed by atoms with E-state index in [2.05, 4.69) is 53.4 Å².